The third kappa shape index (κ3) is 2.70. The van der Waals surface area contributed by atoms with Gasteiger partial charge in [0, 0.05) is 10.2 Å². The van der Waals surface area contributed by atoms with Gasteiger partial charge in [0.25, 0.3) is 19.3 Å². The molecule has 6 heteroatoms. The largest absolute Gasteiger partial charge is 0.266 e. The van der Waals surface area contributed by atoms with E-state index < -0.39 is 0 Å². The molecular weight excluding hydrogens is 216 g/mol. The standard InChI is InChI=1S/C11H12N6/c1-3-5-14-7-12-16(9-14)11-17-10-15(6-4-2)8-13-17/h1-2,7-10H,5-6,11H2/q+2. The van der Waals surface area contributed by atoms with E-state index in [2.05, 4.69) is 22.0 Å². The smallest absolute Gasteiger partial charge is 0.226 e. The van der Waals surface area contributed by atoms with E-state index in [1.54, 1.807) is 22.0 Å². The average Bonchev–Trinajstić information content (AvgIpc) is 2.91. The van der Waals surface area contributed by atoms with Crippen molar-refractivity contribution in [1.29, 1.82) is 0 Å². The highest BCUT2D eigenvalue weighted by molar-refractivity contribution is 4.78. The van der Waals surface area contributed by atoms with E-state index in [4.69, 9.17) is 12.8 Å². The molecule has 0 unspecified atom stereocenters. The number of rotatable bonds is 4. The van der Waals surface area contributed by atoms with Gasteiger partial charge in [-0.2, -0.15) is 0 Å². The normalized spacial score (nSPS) is 9.76. The predicted molar refractivity (Wildman–Crippen MR) is 57.9 cm³/mol. The molecule has 2 aromatic rings. The summed E-state index contributed by atoms with van der Waals surface area (Å²) in [4.78, 5) is 0. The zero-order chi connectivity index (χ0) is 12.1. The van der Waals surface area contributed by atoms with E-state index in [1.807, 2.05) is 21.8 Å². The van der Waals surface area contributed by atoms with Crippen LogP contribution in [-0.4, -0.2) is 19.6 Å². The van der Waals surface area contributed by atoms with E-state index in [9.17, 15) is 0 Å². The lowest BCUT2D eigenvalue weighted by atomic mass is 10.7. The predicted octanol–water partition coefficient (Wildman–Crippen LogP) is -1.57. The Morgan fingerprint density at radius 3 is 1.82 bits per heavy atom. The number of hydrogen-bond donors (Lipinski definition) is 0. The fourth-order valence-electron chi connectivity index (χ4n) is 1.40. The van der Waals surface area contributed by atoms with Crippen molar-refractivity contribution < 1.29 is 9.13 Å². The molecule has 0 radical (unpaired) electrons. The highest BCUT2D eigenvalue weighted by Gasteiger charge is 2.11. The Kier molecular flexibility index (Phi) is 3.18. The Hall–Kier alpha value is -2.60. The van der Waals surface area contributed by atoms with Crippen LogP contribution in [0.2, 0.25) is 0 Å². The van der Waals surface area contributed by atoms with Gasteiger partial charge in [-0.05, 0) is 0 Å². The molecule has 0 saturated heterocycles. The van der Waals surface area contributed by atoms with Crippen LogP contribution >= 0.6 is 0 Å². The monoisotopic (exact) mass is 228 g/mol. The molecule has 0 aliphatic rings. The first-order valence-corrected chi connectivity index (χ1v) is 5.01. The van der Waals surface area contributed by atoms with Crippen LogP contribution in [0.3, 0.4) is 0 Å². The topological polar surface area (TPSA) is 43.4 Å². The summed E-state index contributed by atoms with van der Waals surface area (Å²) in [5.41, 5.74) is 0. The van der Waals surface area contributed by atoms with Crippen molar-refractivity contribution in [3.05, 3.63) is 25.3 Å². The lowest BCUT2D eigenvalue weighted by Crippen LogP contribution is -2.31. The summed E-state index contributed by atoms with van der Waals surface area (Å²) in [5.74, 6) is 5.09. The van der Waals surface area contributed by atoms with Crippen LogP contribution < -0.4 is 9.13 Å². The molecule has 0 spiro atoms. The van der Waals surface area contributed by atoms with Crippen LogP contribution in [-0.2, 0) is 19.8 Å². The quantitative estimate of drug-likeness (QED) is 0.468. The molecule has 0 amide bonds. The molecule has 0 aliphatic heterocycles. The molecule has 2 rings (SSSR count). The van der Waals surface area contributed by atoms with Crippen molar-refractivity contribution in [2.75, 3.05) is 0 Å². The van der Waals surface area contributed by atoms with Gasteiger partial charge in [0.2, 0.25) is 12.7 Å². The zero-order valence-corrected chi connectivity index (χ0v) is 9.27. The summed E-state index contributed by atoms with van der Waals surface area (Å²) in [6, 6.07) is 0. The minimum absolute atomic E-state index is 0.510. The molecule has 0 aromatic carbocycles. The Balaban J connectivity index is 2.04. The second-order valence-electron chi connectivity index (χ2n) is 3.47. The van der Waals surface area contributed by atoms with Crippen molar-refractivity contribution in [2.24, 2.45) is 0 Å². The van der Waals surface area contributed by atoms with Crippen LogP contribution in [0.15, 0.2) is 25.3 Å². The Morgan fingerprint density at radius 1 is 0.941 bits per heavy atom. The van der Waals surface area contributed by atoms with Crippen LogP contribution in [0, 0.1) is 24.7 Å². The molecule has 0 fully saturated rings. The van der Waals surface area contributed by atoms with Crippen molar-refractivity contribution in [1.82, 2.24) is 19.6 Å². The fourth-order valence-corrected chi connectivity index (χ4v) is 1.40. The van der Waals surface area contributed by atoms with Gasteiger partial charge in [0.15, 0.2) is 0 Å². The van der Waals surface area contributed by atoms with Gasteiger partial charge in [-0.3, -0.25) is 0 Å². The van der Waals surface area contributed by atoms with Crippen molar-refractivity contribution in [3.63, 3.8) is 0 Å². The van der Waals surface area contributed by atoms with Gasteiger partial charge in [0.1, 0.15) is 13.1 Å². The molecule has 0 N–H and O–H groups in total. The molecule has 2 heterocycles. The van der Waals surface area contributed by atoms with E-state index in [1.165, 1.54) is 0 Å². The third-order valence-corrected chi connectivity index (χ3v) is 2.10. The van der Waals surface area contributed by atoms with Crippen LogP contribution in [0.25, 0.3) is 0 Å². The summed E-state index contributed by atoms with van der Waals surface area (Å²) < 4.78 is 7.12. The Labute approximate surface area is 99.1 Å². The second-order valence-corrected chi connectivity index (χ2v) is 3.47. The SMILES string of the molecule is C#CC[n+]1cnn(Cn2c[n+](CC#C)cn2)c1. The number of aromatic nitrogens is 6. The first-order chi connectivity index (χ1) is 8.31. The molecule has 0 bridgehead atoms. The van der Waals surface area contributed by atoms with Crippen LogP contribution in [0.5, 0.6) is 0 Å². The van der Waals surface area contributed by atoms with E-state index >= 15 is 0 Å². The van der Waals surface area contributed by atoms with E-state index in [-0.39, 0.29) is 0 Å². The van der Waals surface area contributed by atoms with E-state index in [0.717, 1.165) is 0 Å². The lowest BCUT2D eigenvalue weighted by Gasteiger charge is -1.87. The van der Waals surface area contributed by atoms with Crippen LogP contribution in [0.1, 0.15) is 0 Å². The molecular formula is C11H12N6+2. The summed E-state index contributed by atoms with van der Waals surface area (Å²) in [6.45, 7) is 1.54. The van der Waals surface area contributed by atoms with E-state index in [0.29, 0.717) is 19.8 Å². The summed E-state index contributed by atoms with van der Waals surface area (Å²) in [5, 5.41) is 8.32. The molecule has 17 heavy (non-hydrogen) atoms. The number of hydrogen-bond acceptors (Lipinski definition) is 2. The average molecular weight is 228 g/mol. The maximum atomic E-state index is 5.21. The van der Waals surface area contributed by atoms with Gasteiger partial charge in [-0.15, -0.1) is 12.8 Å². The van der Waals surface area contributed by atoms with Gasteiger partial charge < -0.3 is 0 Å². The summed E-state index contributed by atoms with van der Waals surface area (Å²) >= 11 is 0. The van der Waals surface area contributed by atoms with Crippen molar-refractivity contribution in [3.8, 4) is 24.7 Å². The molecule has 2 aromatic heterocycles. The summed E-state index contributed by atoms with van der Waals surface area (Å²) in [7, 11) is 0. The molecule has 0 aliphatic carbocycles. The van der Waals surface area contributed by atoms with Crippen molar-refractivity contribution in [2.45, 2.75) is 19.8 Å². The first-order valence-electron chi connectivity index (χ1n) is 5.01. The second kappa shape index (κ2) is 4.95. The number of nitrogens with zero attached hydrogens (tertiary/aromatic N) is 6. The zero-order valence-electron chi connectivity index (χ0n) is 9.27. The minimum Gasteiger partial charge on any atom is -0.226 e. The number of terminal acetylenes is 2. The van der Waals surface area contributed by atoms with Crippen LogP contribution in [0.4, 0.5) is 0 Å². The highest BCUT2D eigenvalue weighted by atomic mass is 15.5. The van der Waals surface area contributed by atoms with Gasteiger partial charge >= 0.3 is 0 Å². The third-order valence-electron chi connectivity index (χ3n) is 2.10. The Morgan fingerprint density at radius 2 is 1.41 bits per heavy atom. The fraction of sp³-hybridized carbons (Fsp3) is 0.273. The van der Waals surface area contributed by atoms with Gasteiger partial charge in [-0.1, -0.05) is 21.2 Å². The molecule has 6 nitrogen and oxygen atoms in total. The summed E-state index contributed by atoms with van der Waals surface area (Å²) in [6.07, 6.45) is 17.4. The maximum absolute atomic E-state index is 5.21. The minimum atomic E-state index is 0.510. The molecule has 84 valence electrons. The lowest BCUT2D eigenvalue weighted by molar-refractivity contribution is -0.686. The van der Waals surface area contributed by atoms with Gasteiger partial charge in [-0.25, -0.2) is 9.13 Å². The van der Waals surface area contributed by atoms with Gasteiger partial charge in [0.05, 0.1) is 0 Å². The van der Waals surface area contributed by atoms with Crippen molar-refractivity contribution >= 4 is 0 Å². The highest BCUT2D eigenvalue weighted by Crippen LogP contribution is 1.83. The molecule has 0 saturated carbocycles. The molecule has 0 atom stereocenters. The Bertz CT molecular complexity index is 527. The first kappa shape index (κ1) is 10.9. The maximum Gasteiger partial charge on any atom is 0.266 e.